The number of halogens is 1. The maximum Gasteiger partial charge on any atom is 0.282 e. The number of piperidine rings is 1. The van der Waals surface area contributed by atoms with E-state index >= 15 is 0 Å². The largest absolute Gasteiger partial charge is 0.302 e. The fraction of sp³-hybridized carbons (Fsp3) is 1.00. The van der Waals surface area contributed by atoms with Crippen LogP contribution in [0.2, 0.25) is 0 Å². The number of nitrogens with zero attached hydrogens (tertiary/aromatic N) is 3. The zero-order valence-electron chi connectivity index (χ0n) is 12.5. The zero-order chi connectivity index (χ0) is 14.8. The van der Waals surface area contributed by atoms with Crippen LogP contribution in [0.4, 0.5) is 0 Å². The van der Waals surface area contributed by atoms with Crippen LogP contribution in [0.5, 0.6) is 0 Å². The third-order valence-electron chi connectivity index (χ3n) is 4.58. The van der Waals surface area contributed by atoms with Gasteiger partial charge in [-0.25, -0.2) is 0 Å². The topological polar surface area (TPSA) is 43.9 Å². The average Bonchev–Trinajstić information content (AvgIpc) is 2.84. The van der Waals surface area contributed by atoms with E-state index in [1.54, 1.807) is 11.4 Å². The molecule has 2 fully saturated rings. The van der Waals surface area contributed by atoms with Crippen molar-refractivity contribution in [2.75, 3.05) is 39.6 Å². The van der Waals surface area contributed by atoms with Gasteiger partial charge in [-0.05, 0) is 39.3 Å². The monoisotopic (exact) mass is 323 g/mol. The quantitative estimate of drug-likeness (QED) is 0.717. The first-order chi connectivity index (χ1) is 9.46. The first kappa shape index (κ1) is 16.5. The van der Waals surface area contributed by atoms with Crippen molar-refractivity contribution >= 4 is 21.8 Å². The lowest BCUT2D eigenvalue weighted by Gasteiger charge is -2.37. The summed E-state index contributed by atoms with van der Waals surface area (Å²) in [6, 6.07) is 0.299. The van der Waals surface area contributed by atoms with Gasteiger partial charge in [0.25, 0.3) is 10.2 Å². The van der Waals surface area contributed by atoms with Gasteiger partial charge in [-0.2, -0.15) is 17.0 Å². The summed E-state index contributed by atoms with van der Waals surface area (Å²) in [7, 11) is 0.387. The van der Waals surface area contributed by atoms with Crippen LogP contribution in [0.1, 0.15) is 32.1 Å². The molecule has 7 heteroatoms. The van der Waals surface area contributed by atoms with E-state index in [1.165, 1.54) is 4.31 Å². The minimum absolute atomic E-state index is 0.0424. The van der Waals surface area contributed by atoms with Crippen LogP contribution in [0.3, 0.4) is 0 Å². The van der Waals surface area contributed by atoms with E-state index in [-0.39, 0.29) is 6.04 Å². The molecule has 2 aliphatic rings. The van der Waals surface area contributed by atoms with Gasteiger partial charge in [0.15, 0.2) is 0 Å². The van der Waals surface area contributed by atoms with Gasteiger partial charge >= 0.3 is 0 Å². The molecule has 0 spiro atoms. The van der Waals surface area contributed by atoms with Crippen LogP contribution in [-0.4, -0.2) is 73.6 Å². The molecule has 0 bridgehead atoms. The summed E-state index contributed by atoms with van der Waals surface area (Å²) in [5, 5.41) is 0. The Balaban J connectivity index is 2.04. The molecule has 0 aromatic rings. The minimum atomic E-state index is -3.38. The van der Waals surface area contributed by atoms with Crippen molar-refractivity contribution in [2.45, 2.75) is 44.2 Å². The molecule has 2 saturated heterocycles. The number of hydrogen-bond acceptors (Lipinski definition) is 3. The normalized spacial score (nSPS) is 30.2. The van der Waals surface area contributed by atoms with Gasteiger partial charge in [-0.15, -0.1) is 11.6 Å². The predicted molar refractivity (Wildman–Crippen MR) is 82.3 cm³/mol. The highest BCUT2D eigenvalue weighted by molar-refractivity contribution is 7.86. The Morgan fingerprint density at radius 1 is 1.15 bits per heavy atom. The maximum absolute atomic E-state index is 12.7. The van der Waals surface area contributed by atoms with Gasteiger partial charge in [-0.3, -0.25) is 0 Å². The molecule has 0 amide bonds. The number of hydrogen-bond donors (Lipinski definition) is 0. The van der Waals surface area contributed by atoms with Crippen LogP contribution in [-0.2, 0) is 10.2 Å². The van der Waals surface area contributed by atoms with Crippen molar-refractivity contribution in [3.63, 3.8) is 0 Å². The fourth-order valence-electron chi connectivity index (χ4n) is 3.21. The number of likely N-dealkylation sites (N-methyl/N-ethyl adjacent to an activating group) is 2. The lowest BCUT2D eigenvalue weighted by molar-refractivity contribution is 0.232. The second-order valence-electron chi connectivity index (χ2n) is 5.98. The van der Waals surface area contributed by atoms with Crippen molar-refractivity contribution in [2.24, 2.45) is 0 Å². The molecule has 0 saturated carbocycles. The summed E-state index contributed by atoms with van der Waals surface area (Å²) in [5.41, 5.74) is 0. The maximum atomic E-state index is 12.7. The van der Waals surface area contributed by atoms with Gasteiger partial charge in [0.1, 0.15) is 0 Å². The van der Waals surface area contributed by atoms with E-state index in [1.807, 2.05) is 0 Å². The van der Waals surface area contributed by atoms with Crippen LogP contribution >= 0.6 is 11.6 Å². The van der Waals surface area contributed by atoms with E-state index in [4.69, 9.17) is 11.6 Å². The lowest BCUT2D eigenvalue weighted by Crippen LogP contribution is -2.52. The molecule has 20 heavy (non-hydrogen) atoms. The highest BCUT2D eigenvalue weighted by Gasteiger charge is 2.36. The second-order valence-corrected chi connectivity index (χ2v) is 8.28. The van der Waals surface area contributed by atoms with E-state index in [0.717, 1.165) is 38.6 Å². The third kappa shape index (κ3) is 3.47. The van der Waals surface area contributed by atoms with Gasteiger partial charge < -0.3 is 4.90 Å². The highest BCUT2D eigenvalue weighted by Crippen LogP contribution is 2.24. The number of rotatable bonds is 5. The second kappa shape index (κ2) is 6.92. The number of likely N-dealkylation sites (tertiary alicyclic amines) is 1. The first-order valence-corrected chi connectivity index (χ1v) is 9.39. The Labute approximate surface area is 128 Å². The van der Waals surface area contributed by atoms with E-state index in [9.17, 15) is 8.42 Å². The van der Waals surface area contributed by atoms with Crippen LogP contribution < -0.4 is 0 Å². The van der Waals surface area contributed by atoms with Crippen LogP contribution in [0.15, 0.2) is 0 Å². The Morgan fingerprint density at radius 2 is 1.85 bits per heavy atom. The Bertz CT molecular complexity index is 418. The Kier molecular flexibility index (Phi) is 5.71. The standard InChI is InChI=1S/C13H26ClN3O2S/c1-15-8-5-7-13(15)11-16(2)20(18,19)17-9-4-3-6-12(17)10-14/h12-13H,3-11H2,1-2H3. The molecule has 2 aliphatic heterocycles. The van der Waals surface area contributed by atoms with Gasteiger partial charge in [-0.1, -0.05) is 6.42 Å². The molecule has 0 aliphatic carbocycles. The molecule has 0 aromatic heterocycles. The summed E-state index contributed by atoms with van der Waals surface area (Å²) in [6.45, 7) is 2.24. The zero-order valence-corrected chi connectivity index (χ0v) is 14.0. The predicted octanol–water partition coefficient (Wildman–Crippen LogP) is 1.35. The summed E-state index contributed by atoms with van der Waals surface area (Å²) in [6.07, 6.45) is 5.11. The van der Waals surface area contributed by atoms with Crippen molar-refractivity contribution in [3.05, 3.63) is 0 Å². The van der Waals surface area contributed by atoms with Gasteiger partial charge in [0.2, 0.25) is 0 Å². The minimum Gasteiger partial charge on any atom is -0.302 e. The molecule has 2 unspecified atom stereocenters. The Hall–Kier alpha value is 0.120. The summed E-state index contributed by atoms with van der Waals surface area (Å²) in [4.78, 5) is 2.25. The van der Waals surface area contributed by atoms with Crippen molar-refractivity contribution < 1.29 is 8.42 Å². The molecule has 0 radical (unpaired) electrons. The molecule has 118 valence electrons. The van der Waals surface area contributed by atoms with Crippen molar-refractivity contribution in [3.8, 4) is 0 Å². The highest BCUT2D eigenvalue weighted by atomic mass is 35.5. The molecular formula is C13H26ClN3O2S. The molecule has 5 nitrogen and oxygen atoms in total. The average molecular weight is 324 g/mol. The molecule has 2 rings (SSSR count). The molecule has 0 N–H and O–H groups in total. The van der Waals surface area contributed by atoms with Crippen LogP contribution in [0, 0.1) is 0 Å². The number of alkyl halides is 1. The van der Waals surface area contributed by atoms with Crippen molar-refractivity contribution in [1.29, 1.82) is 0 Å². The van der Waals surface area contributed by atoms with Crippen molar-refractivity contribution in [1.82, 2.24) is 13.5 Å². The van der Waals surface area contributed by atoms with Crippen LogP contribution in [0.25, 0.3) is 0 Å². The summed E-state index contributed by atoms with van der Waals surface area (Å²) in [5.74, 6) is 0.385. The lowest BCUT2D eigenvalue weighted by atomic mass is 10.1. The van der Waals surface area contributed by atoms with Gasteiger partial charge in [0.05, 0.1) is 0 Å². The summed E-state index contributed by atoms with van der Waals surface area (Å²) >= 11 is 5.95. The van der Waals surface area contributed by atoms with Gasteiger partial charge in [0, 0.05) is 38.1 Å². The molecular weight excluding hydrogens is 298 g/mol. The molecule has 0 aromatic carbocycles. The van der Waals surface area contributed by atoms with E-state index in [0.29, 0.717) is 25.0 Å². The third-order valence-corrected chi connectivity index (χ3v) is 6.95. The smallest absolute Gasteiger partial charge is 0.282 e. The fourth-order valence-corrected chi connectivity index (χ4v) is 5.25. The summed E-state index contributed by atoms with van der Waals surface area (Å²) < 4.78 is 28.6. The molecule has 2 heterocycles. The Morgan fingerprint density at radius 3 is 2.45 bits per heavy atom. The van der Waals surface area contributed by atoms with E-state index < -0.39 is 10.2 Å². The SMILES string of the molecule is CN1CCCC1CN(C)S(=O)(=O)N1CCCCC1CCl. The molecule has 2 atom stereocenters. The van der Waals surface area contributed by atoms with E-state index in [2.05, 4.69) is 11.9 Å². The first-order valence-electron chi connectivity index (χ1n) is 7.46.